The van der Waals surface area contributed by atoms with E-state index >= 15 is 0 Å². The average molecular weight is 293 g/mol. The van der Waals surface area contributed by atoms with Crippen molar-refractivity contribution < 1.29 is 14.2 Å². The van der Waals surface area contributed by atoms with Gasteiger partial charge in [-0.15, -0.1) is 11.6 Å². The lowest BCUT2D eigenvalue weighted by Crippen LogP contribution is -1.92. The highest BCUT2D eigenvalue weighted by Crippen LogP contribution is 2.32. The second kappa shape index (κ2) is 6.53. The van der Waals surface area contributed by atoms with Crippen molar-refractivity contribution >= 4 is 11.6 Å². The fourth-order valence-corrected chi connectivity index (χ4v) is 1.97. The summed E-state index contributed by atoms with van der Waals surface area (Å²) in [5.41, 5.74) is 2.06. The summed E-state index contributed by atoms with van der Waals surface area (Å²) in [5.74, 6) is 3.27. The van der Waals surface area contributed by atoms with E-state index in [4.69, 9.17) is 25.8 Å². The molecule has 0 amide bonds. The Balaban J connectivity index is 2.33. The molecule has 0 aromatic heterocycles. The van der Waals surface area contributed by atoms with Gasteiger partial charge in [0.2, 0.25) is 0 Å². The Morgan fingerprint density at radius 3 is 2.05 bits per heavy atom. The van der Waals surface area contributed by atoms with E-state index in [-0.39, 0.29) is 0 Å². The first-order valence-electron chi connectivity index (χ1n) is 6.22. The van der Waals surface area contributed by atoms with Crippen LogP contribution in [-0.2, 0) is 5.88 Å². The quantitative estimate of drug-likeness (QED) is 0.757. The van der Waals surface area contributed by atoms with Crippen LogP contribution in [0.25, 0.3) is 0 Å². The highest BCUT2D eigenvalue weighted by Gasteiger charge is 2.07. The molecule has 0 aliphatic rings. The van der Waals surface area contributed by atoms with Crippen molar-refractivity contribution in [3.05, 3.63) is 47.5 Å². The van der Waals surface area contributed by atoms with Crippen LogP contribution in [-0.4, -0.2) is 14.2 Å². The maximum absolute atomic E-state index is 5.92. The highest BCUT2D eigenvalue weighted by atomic mass is 35.5. The van der Waals surface area contributed by atoms with Crippen molar-refractivity contribution in [2.45, 2.75) is 12.8 Å². The number of alkyl halides is 1. The van der Waals surface area contributed by atoms with E-state index in [1.54, 1.807) is 20.3 Å². The van der Waals surface area contributed by atoms with Gasteiger partial charge >= 0.3 is 0 Å². The standard InChI is InChI=1S/C16H17ClO3/c1-11-4-5-12(10-17)6-16(11)20-15-8-13(18-2)7-14(9-15)19-3/h4-9H,10H2,1-3H3. The molecule has 20 heavy (non-hydrogen) atoms. The van der Waals surface area contributed by atoms with Crippen molar-refractivity contribution in [3.63, 3.8) is 0 Å². The van der Waals surface area contributed by atoms with Gasteiger partial charge in [-0.2, -0.15) is 0 Å². The number of hydrogen-bond acceptors (Lipinski definition) is 3. The van der Waals surface area contributed by atoms with Gasteiger partial charge in [-0.25, -0.2) is 0 Å². The van der Waals surface area contributed by atoms with Crippen LogP contribution in [0.15, 0.2) is 36.4 Å². The number of rotatable bonds is 5. The van der Waals surface area contributed by atoms with E-state index in [0.717, 1.165) is 16.9 Å². The molecule has 0 saturated carbocycles. The third-order valence-corrected chi connectivity index (χ3v) is 3.27. The molecule has 0 unspecified atom stereocenters. The molecule has 0 saturated heterocycles. The maximum atomic E-state index is 5.92. The summed E-state index contributed by atoms with van der Waals surface area (Å²) in [7, 11) is 3.22. The Bertz CT molecular complexity index is 574. The first-order valence-corrected chi connectivity index (χ1v) is 6.76. The van der Waals surface area contributed by atoms with Crippen molar-refractivity contribution in [1.29, 1.82) is 0 Å². The van der Waals surface area contributed by atoms with E-state index in [0.29, 0.717) is 23.1 Å². The molecule has 0 radical (unpaired) electrons. The summed E-state index contributed by atoms with van der Waals surface area (Å²) >= 11 is 5.85. The molecular formula is C16H17ClO3. The number of aryl methyl sites for hydroxylation is 1. The van der Waals surface area contributed by atoms with Gasteiger partial charge < -0.3 is 14.2 Å². The first kappa shape index (κ1) is 14.5. The summed E-state index contributed by atoms with van der Waals surface area (Å²) in [4.78, 5) is 0. The molecule has 3 nitrogen and oxygen atoms in total. The number of ether oxygens (including phenoxy) is 3. The lowest BCUT2D eigenvalue weighted by Gasteiger charge is -2.12. The van der Waals surface area contributed by atoms with Gasteiger partial charge in [0, 0.05) is 24.1 Å². The fraction of sp³-hybridized carbons (Fsp3) is 0.250. The normalized spacial score (nSPS) is 10.2. The van der Waals surface area contributed by atoms with Gasteiger partial charge in [0.1, 0.15) is 23.0 Å². The minimum absolute atomic E-state index is 0.456. The maximum Gasteiger partial charge on any atom is 0.134 e. The zero-order chi connectivity index (χ0) is 14.5. The summed E-state index contributed by atoms with van der Waals surface area (Å²) in [6.07, 6.45) is 0. The van der Waals surface area contributed by atoms with E-state index < -0.39 is 0 Å². The van der Waals surface area contributed by atoms with Crippen LogP contribution in [0.5, 0.6) is 23.0 Å². The topological polar surface area (TPSA) is 27.7 Å². The summed E-state index contributed by atoms with van der Waals surface area (Å²) in [5, 5.41) is 0. The minimum Gasteiger partial charge on any atom is -0.496 e. The van der Waals surface area contributed by atoms with E-state index in [1.807, 2.05) is 37.3 Å². The molecule has 4 heteroatoms. The fourth-order valence-electron chi connectivity index (χ4n) is 1.80. The smallest absolute Gasteiger partial charge is 0.134 e. The Morgan fingerprint density at radius 1 is 0.900 bits per heavy atom. The van der Waals surface area contributed by atoms with Gasteiger partial charge in [0.25, 0.3) is 0 Å². The van der Waals surface area contributed by atoms with Crippen molar-refractivity contribution in [2.24, 2.45) is 0 Å². The Kier molecular flexibility index (Phi) is 4.74. The summed E-state index contributed by atoms with van der Waals surface area (Å²) in [6, 6.07) is 11.3. The molecule has 2 rings (SSSR count). The van der Waals surface area contributed by atoms with Crippen LogP contribution in [0.4, 0.5) is 0 Å². The molecule has 0 aliphatic carbocycles. The molecule has 0 spiro atoms. The second-order valence-corrected chi connectivity index (χ2v) is 4.65. The molecule has 0 heterocycles. The van der Waals surface area contributed by atoms with Gasteiger partial charge in [-0.1, -0.05) is 12.1 Å². The van der Waals surface area contributed by atoms with Gasteiger partial charge in [0.05, 0.1) is 14.2 Å². The first-order chi connectivity index (χ1) is 9.66. The predicted octanol–water partition coefficient (Wildman–Crippen LogP) is 4.54. The van der Waals surface area contributed by atoms with Gasteiger partial charge in [0.15, 0.2) is 0 Å². The molecule has 2 aromatic carbocycles. The zero-order valence-corrected chi connectivity index (χ0v) is 12.5. The van der Waals surface area contributed by atoms with Crippen LogP contribution < -0.4 is 14.2 Å². The Hall–Kier alpha value is -1.87. The molecule has 2 aromatic rings. The number of methoxy groups -OCH3 is 2. The molecular weight excluding hydrogens is 276 g/mol. The lowest BCUT2D eigenvalue weighted by atomic mass is 10.1. The molecule has 0 aliphatic heterocycles. The van der Waals surface area contributed by atoms with E-state index in [9.17, 15) is 0 Å². The van der Waals surface area contributed by atoms with E-state index in [2.05, 4.69) is 0 Å². The molecule has 106 valence electrons. The minimum atomic E-state index is 0.456. The monoisotopic (exact) mass is 292 g/mol. The third-order valence-electron chi connectivity index (χ3n) is 2.96. The summed E-state index contributed by atoms with van der Waals surface area (Å²) < 4.78 is 16.4. The Labute approximate surface area is 124 Å². The SMILES string of the molecule is COc1cc(OC)cc(Oc2cc(CCl)ccc2C)c1. The Morgan fingerprint density at radius 2 is 1.50 bits per heavy atom. The molecule has 0 fully saturated rings. The molecule has 0 bridgehead atoms. The van der Waals surface area contributed by atoms with Crippen molar-refractivity contribution in [2.75, 3.05) is 14.2 Å². The van der Waals surface area contributed by atoms with E-state index in [1.165, 1.54) is 0 Å². The van der Waals surface area contributed by atoms with Crippen LogP contribution in [0.3, 0.4) is 0 Å². The second-order valence-electron chi connectivity index (χ2n) is 4.38. The predicted molar refractivity (Wildman–Crippen MR) is 80.4 cm³/mol. The lowest BCUT2D eigenvalue weighted by molar-refractivity contribution is 0.386. The number of halogens is 1. The molecule has 0 atom stereocenters. The zero-order valence-electron chi connectivity index (χ0n) is 11.8. The van der Waals surface area contributed by atoms with Crippen LogP contribution in [0.1, 0.15) is 11.1 Å². The largest absolute Gasteiger partial charge is 0.496 e. The van der Waals surface area contributed by atoms with Gasteiger partial charge in [-0.3, -0.25) is 0 Å². The van der Waals surface area contributed by atoms with Crippen molar-refractivity contribution in [3.8, 4) is 23.0 Å². The molecule has 0 N–H and O–H groups in total. The van der Waals surface area contributed by atoms with Crippen molar-refractivity contribution in [1.82, 2.24) is 0 Å². The van der Waals surface area contributed by atoms with Crippen LogP contribution in [0.2, 0.25) is 0 Å². The van der Waals surface area contributed by atoms with Crippen LogP contribution >= 0.6 is 11.6 Å². The average Bonchev–Trinajstić information content (AvgIpc) is 2.49. The summed E-state index contributed by atoms with van der Waals surface area (Å²) in [6.45, 7) is 1.99. The van der Waals surface area contributed by atoms with Gasteiger partial charge in [-0.05, 0) is 24.1 Å². The van der Waals surface area contributed by atoms with Crippen LogP contribution in [0, 0.1) is 6.92 Å². The highest BCUT2D eigenvalue weighted by molar-refractivity contribution is 6.17. The number of benzene rings is 2. The third kappa shape index (κ3) is 3.36. The number of hydrogen-bond donors (Lipinski definition) is 0.